The minimum absolute atomic E-state index is 0.105. The van der Waals surface area contributed by atoms with Gasteiger partial charge >= 0.3 is 140 Å². The molecule has 0 aromatic heterocycles. The van der Waals surface area contributed by atoms with Crippen molar-refractivity contribution in [2.45, 2.75) is 69.8 Å². The molecule has 22 heavy (non-hydrogen) atoms. The van der Waals surface area contributed by atoms with E-state index in [2.05, 4.69) is 19.1 Å². The summed E-state index contributed by atoms with van der Waals surface area (Å²) < 4.78 is 13.2. The summed E-state index contributed by atoms with van der Waals surface area (Å²) in [5, 5.41) is 0. The molecule has 2 rings (SSSR count). The van der Waals surface area contributed by atoms with Crippen molar-refractivity contribution in [3.8, 4) is 0 Å². The van der Waals surface area contributed by atoms with E-state index >= 15 is 0 Å². The molecule has 1 aliphatic heterocycles. The van der Waals surface area contributed by atoms with Crippen LogP contribution < -0.4 is 4.46 Å². The third kappa shape index (κ3) is 4.92. The first-order valence-electron chi connectivity index (χ1n) is 7.99. The van der Waals surface area contributed by atoms with E-state index in [4.69, 9.17) is 9.47 Å². The van der Waals surface area contributed by atoms with Gasteiger partial charge in [0.25, 0.3) is 0 Å². The molecule has 4 heteroatoms. The summed E-state index contributed by atoms with van der Waals surface area (Å²) in [6, 6.07) is 10.3. The SMILES string of the molecule is CC[C@H]1OC(C)(C)O[C@@H]1CCC([Se]c1ccccc1)C(C)=O. The average Bonchev–Trinajstić information content (AvgIpc) is 2.78. The van der Waals surface area contributed by atoms with Crippen molar-refractivity contribution in [1.29, 1.82) is 0 Å². The summed E-state index contributed by atoms with van der Waals surface area (Å²) in [6.07, 6.45) is 2.97. The molecule has 0 amide bonds. The molecule has 0 radical (unpaired) electrons. The zero-order valence-corrected chi connectivity index (χ0v) is 15.6. The number of hydrogen-bond donors (Lipinski definition) is 0. The molecule has 3 nitrogen and oxygen atoms in total. The predicted octanol–water partition coefficient (Wildman–Crippen LogP) is 3.10. The number of benzene rings is 1. The Labute approximate surface area is 139 Å². The molecule has 122 valence electrons. The van der Waals surface area contributed by atoms with Crippen LogP contribution in [0.5, 0.6) is 0 Å². The Morgan fingerprint density at radius 1 is 1.23 bits per heavy atom. The van der Waals surface area contributed by atoms with Gasteiger partial charge in [-0.15, -0.1) is 0 Å². The van der Waals surface area contributed by atoms with Gasteiger partial charge in [-0.2, -0.15) is 0 Å². The van der Waals surface area contributed by atoms with E-state index in [0.29, 0.717) is 0 Å². The monoisotopic (exact) mass is 370 g/mol. The Hall–Kier alpha value is -0.671. The molecule has 1 aliphatic rings. The van der Waals surface area contributed by atoms with Crippen LogP contribution in [-0.2, 0) is 14.3 Å². The number of Topliss-reactive ketones (excluding diaryl/α,β-unsaturated/α-hetero) is 1. The summed E-state index contributed by atoms with van der Waals surface area (Å²) in [5.41, 5.74) is 0. The zero-order chi connectivity index (χ0) is 16.2. The van der Waals surface area contributed by atoms with Crippen molar-refractivity contribution in [3.05, 3.63) is 30.3 Å². The van der Waals surface area contributed by atoms with Gasteiger partial charge in [-0.3, -0.25) is 0 Å². The fourth-order valence-electron chi connectivity index (χ4n) is 2.82. The second kappa shape index (κ2) is 7.74. The van der Waals surface area contributed by atoms with Crippen molar-refractivity contribution in [3.63, 3.8) is 0 Å². The van der Waals surface area contributed by atoms with E-state index < -0.39 is 5.79 Å². The van der Waals surface area contributed by atoms with Gasteiger partial charge in [0.15, 0.2) is 0 Å². The van der Waals surface area contributed by atoms with E-state index in [1.165, 1.54) is 4.46 Å². The van der Waals surface area contributed by atoms with Crippen LogP contribution in [0.2, 0.25) is 4.82 Å². The number of ether oxygens (including phenoxy) is 2. The first kappa shape index (κ1) is 17.7. The van der Waals surface area contributed by atoms with Gasteiger partial charge in [0.05, 0.1) is 0 Å². The van der Waals surface area contributed by atoms with E-state index in [9.17, 15) is 4.79 Å². The molecule has 0 bridgehead atoms. The molecular weight excluding hydrogens is 343 g/mol. The van der Waals surface area contributed by atoms with Crippen LogP contribution in [0.1, 0.15) is 47.0 Å². The zero-order valence-electron chi connectivity index (χ0n) is 13.9. The van der Waals surface area contributed by atoms with E-state index in [1.807, 2.05) is 32.0 Å². The molecule has 1 unspecified atom stereocenters. The second-order valence-electron chi connectivity index (χ2n) is 6.23. The Kier molecular flexibility index (Phi) is 6.22. The van der Waals surface area contributed by atoms with Gasteiger partial charge in [-0.25, -0.2) is 0 Å². The summed E-state index contributed by atoms with van der Waals surface area (Å²) in [5.74, 6) is -0.211. The molecular formula is C18H26O3Se. The number of carbonyl (C=O) groups is 1. The first-order chi connectivity index (χ1) is 10.4. The van der Waals surface area contributed by atoms with Crippen LogP contribution in [0.15, 0.2) is 30.3 Å². The molecule has 0 N–H and O–H groups in total. The van der Waals surface area contributed by atoms with Crippen LogP contribution in [0, 0.1) is 0 Å². The van der Waals surface area contributed by atoms with Gasteiger partial charge in [-0.1, -0.05) is 0 Å². The summed E-state index contributed by atoms with van der Waals surface area (Å²) in [4.78, 5) is 12.1. The Morgan fingerprint density at radius 3 is 2.45 bits per heavy atom. The molecule has 0 saturated carbocycles. The van der Waals surface area contributed by atoms with Crippen molar-refractivity contribution in [1.82, 2.24) is 0 Å². The van der Waals surface area contributed by atoms with Gasteiger partial charge in [0.1, 0.15) is 0 Å². The third-order valence-electron chi connectivity index (χ3n) is 3.88. The van der Waals surface area contributed by atoms with Gasteiger partial charge in [0, 0.05) is 0 Å². The normalized spacial score (nSPS) is 25.1. The summed E-state index contributed by atoms with van der Waals surface area (Å²) in [6.45, 7) is 7.76. The topological polar surface area (TPSA) is 35.5 Å². The number of carbonyl (C=O) groups excluding carboxylic acids is 1. The minimum atomic E-state index is -0.498. The number of ketones is 1. The standard InChI is InChI=1S/C18H26O3Se/c1-5-15-16(21-18(3,4)20-15)11-12-17(13(2)19)22-14-9-7-6-8-10-14/h6-10,15-17H,5,11-12H2,1-4H3/t15-,16-,17?/m1/s1. The van der Waals surface area contributed by atoms with E-state index in [0.717, 1.165) is 19.3 Å². The Morgan fingerprint density at radius 2 is 1.86 bits per heavy atom. The fraction of sp³-hybridized carbons (Fsp3) is 0.611. The van der Waals surface area contributed by atoms with Crippen molar-refractivity contribution < 1.29 is 14.3 Å². The molecule has 1 saturated heterocycles. The average molecular weight is 369 g/mol. The third-order valence-corrected chi connectivity index (χ3v) is 6.81. The van der Waals surface area contributed by atoms with Crippen LogP contribution in [0.25, 0.3) is 0 Å². The predicted molar refractivity (Wildman–Crippen MR) is 89.6 cm³/mol. The molecule has 1 fully saturated rings. The number of rotatable bonds is 7. The van der Waals surface area contributed by atoms with Crippen LogP contribution in [0.3, 0.4) is 0 Å². The van der Waals surface area contributed by atoms with Gasteiger partial charge < -0.3 is 0 Å². The van der Waals surface area contributed by atoms with Crippen molar-refractivity contribution in [2.75, 3.05) is 0 Å². The maximum absolute atomic E-state index is 12.0. The fourth-order valence-corrected chi connectivity index (χ4v) is 5.05. The molecule has 1 heterocycles. The van der Waals surface area contributed by atoms with E-state index in [1.54, 1.807) is 6.92 Å². The summed E-state index contributed by atoms with van der Waals surface area (Å²) >= 11 is 0.184. The van der Waals surface area contributed by atoms with Crippen LogP contribution >= 0.6 is 0 Å². The summed E-state index contributed by atoms with van der Waals surface area (Å²) in [7, 11) is 0. The Bertz CT molecular complexity index is 486. The van der Waals surface area contributed by atoms with Gasteiger partial charge in [-0.05, 0) is 0 Å². The van der Waals surface area contributed by atoms with Crippen LogP contribution in [0.4, 0.5) is 0 Å². The second-order valence-corrected chi connectivity index (χ2v) is 8.91. The van der Waals surface area contributed by atoms with Crippen molar-refractivity contribution >= 4 is 25.2 Å². The first-order valence-corrected chi connectivity index (χ1v) is 9.83. The molecule has 0 aliphatic carbocycles. The van der Waals surface area contributed by atoms with Gasteiger partial charge in [0.2, 0.25) is 0 Å². The maximum atomic E-state index is 12.0. The molecule has 0 spiro atoms. The molecule has 1 aromatic rings. The molecule has 3 atom stereocenters. The van der Waals surface area contributed by atoms with Crippen molar-refractivity contribution in [2.24, 2.45) is 0 Å². The number of hydrogen-bond acceptors (Lipinski definition) is 3. The van der Waals surface area contributed by atoms with E-state index in [-0.39, 0.29) is 37.8 Å². The van der Waals surface area contributed by atoms with Crippen LogP contribution in [-0.4, -0.2) is 38.7 Å². The molecule has 1 aromatic carbocycles. The quantitative estimate of drug-likeness (QED) is 0.693. The Balaban J connectivity index is 1.93.